The molecule has 13 nitrogen and oxygen atoms in total. The Morgan fingerprint density at radius 1 is 0.842 bits per heavy atom. The number of rotatable bonds is 7. The van der Waals surface area contributed by atoms with Crippen molar-refractivity contribution in [2.24, 2.45) is 13.0 Å². The SMILES string of the molecule is Cc1ccc(S(=O)(=O)O)cc1.Cc1ccc(S(=O)(=O)O)cc1.Cn1nc(-c2ccc(-c3cn4c(n3)CCC(CNC(=O)c3cccnc3)C4)cc2)cc1C(F)(F)F. The summed E-state index contributed by atoms with van der Waals surface area (Å²) in [7, 11) is -6.75. The predicted molar refractivity (Wildman–Crippen MR) is 205 cm³/mol. The van der Waals surface area contributed by atoms with Gasteiger partial charge in [-0.3, -0.25) is 23.6 Å². The third-order valence-corrected chi connectivity index (χ3v) is 10.6. The summed E-state index contributed by atoms with van der Waals surface area (Å²) in [5.74, 6) is 1.14. The minimum atomic E-state index is -4.45. The molecule has 6 aromatic rings. The molecular weight excluding hydrogens is 786 g/mol. The van der Waals surface area contributed by atoms with Crippen LogP contribution in [0.2, 0.25) is 0 Å². The van der Waals surface area contributed by atoms with Gasteiger partial charge in [-0.25, -0.2) is 4.98 Å². The average molecular weight is 825 g/mol. The number of aryl methyl sites for hydroxylation is 4. The van der Waals surface area contributed by atoms with Crippen molar-refractivity contribution in [2.75, 3.05) is 6.54 Å². The van der Waals surface area contributed by atoms with Gasteiger partial charge in [-0.2, -0.15) is 35.1 Å². The molecule has 3 aromatic heterocycles. The van der Waals surface area contributed by atoms with Crippen molar-refractivity contribution in [1.29, 1.82) is 0 Å². The van der Waals surface area contributed by atoms with Gasteiger partial charge in [-0.1, -0.05) is 59.7 Å². The van der Waals surface area contributed by atoms with Crippen molar-refractivity contribution >= 4 is 26.1 Å². The number of aromatic nitrogens is 5. The van der Waals surface area contributed by atoms with E-state index in [-0.39, 0.29) is 21.4 Å². The standard InChI is InChI=1S/C25H23F3N6O.2C7H8O3S/c1-33-22(25(26,27)28)11-20(32-33)17-5-7-18(8-6-17)21-15-34-14-16(4-9-23(34)31-21)12-30-24(35)19-3-2-10-29-13-19;2*1-6-2-4-7(5-3-6)11(8,9)10/h2-3,5-8,10-11,13,15-16H,4,9,12,14H2,1H3,(H,30,35);2*2-5H,1H3,(H,8,9,10). The van der Waals surface area contributed by atoms with Gasteiger partial charge in [-0.15, -0.1) is 0 Å². The summed E-state index contributed by atoms with van der Waals surface area (Å²) in [6, 6.07) is 23.7. The molecule has 0 saturated carbocycles. The van der Waals surface area contributed by atoms with Crippen LogP contribution in [0.1, 0.15) is 39.4 Å². The van der Waals surface area contributed by atoms with Crippen molar-refractivity contribution in [3.8, 4) is 22.5 Å². The molecule has 3 aromatic carbocycles. The highest BCUT2D eigenvalue weighted by Gasteiger charge is 2.35. The Hall–Kier alpha value is -5.69. The number of carbonyl (C=O) groups is 1. The van der Waals surface area contributed by atoms with Gasteiger partial charge < -0.3 is 9.88 Å². The van der Waals surface area contributed by atoms with Gasteiger partial charge >= 0.3 is 6.18 Å². The molecule has 300 valence electrons. The largest absolute Gasteiger partial charge is 0.433 e. The van der Waals surface area contributed by atoms with Crippen molar-refractivity contribution in [1.82, 2.24) is 29.6 Å². The number of amides is 1. The Labute approximate surface area is 327 Å². The number of nitrogens with zero attached hydrogens (tertiary/aromatic N) is 5. The number of halogens is 3. The number of pyridine rings is 1. The predicted octanol–water partition coefficient (Wildman–Crippen LogP) is 6.84. The molecule has 0 fully saturated rings. The molecule has 1 aliphatic rings. The van der Waals surface area contributed by atoms with Gasteiger partial charge in [0.2, 0.25) is 0 Å². The van der Waals surface area contributed by atoms with E-state index in [9.17, 15) is 34.8 Å². The van der Waals surface area contributed by atoms with E-state index in [1.165, 1.54) is 31.3 Å². The first-order valence-electron chi connectivity index (χ1n) is 17.3. The number of alkyl halides is 3. The van der Waals surface area contributed by atoms with Crippen molar-refractivity contribution < 1.29 is 43.9 Å². The van der Waals surface area contributed by atoms with E-state index in [2.05, 4.69) is 20.0 Å². The monoisotopic (exact) mass is 824 g/mol. The number of hydrogen-bond donors (Lipinski definition) is 3. The number of fused-ring (bicyclic) bond motifs is 1. The Kier molecular flexibility index (Phi) is 13.1. The highest BCUT2D eigenvalue weighted by molar-refractivity contribution is 7.86. The van der Waals surface area contributed by atoms with E-state index >= 15 is 0 Å². The summed E-state index contributed by atoms with van der Waals surface area (Å²) in [6.07, 6.45) is 2.44. The molecule has 57 heavy (non-hydrogen) atoms. The number of carbonyl (C=O) groups excluding carboxylic acids is 1. The van der Waals surface area contributed by atoms with E-state index in [0.29, 0.717) is 23.6 Å². The maximum Gasteiger partial charge on any atom is 0.433 e. The topological polar surface area (TPSA) is 186 Å². The van der Waals surface area contributed by atoms with E-state index in [1.54, 1.807) is 60.9 Å². The molecule has 7 rings (SSSR count). The van der Waals surface area contributed by atoms with Crippen molar-refractivity contribution in [3.05, 3.63) is 138 Å². The first-order chi connectivity index (χ1) is 26.8. The van der Waals surface area contributed by atoms with Gasteiger partial charge in [0.1, 0.15) is 11.5 Å². The summed E-state index contributed by atoms with van der Waals surface area (Å²) in [5, 5.41) is 6.99. The molecule has 1 unspecified atom stereocenters. The summed E-state index contributed by atoms with van der Waals surface area (Å²) in [6.45, 7) is 5.00. The van der Waals surface area contributed by atoms with E-state index in [0.717, 1.165) is 58.3 Å². The van der Waals surface area contributed by atoms with Crippen LogP contribution >= 0.6 is 0 Å². The van der Waals surface area contributed by atoms with E-state index in [4.69, 9.17) is 14.1 Å². The molecule has 3 N–H and O–H groups in total. The number of benzene rings is 3. The zero-order valence-corrected chi connectivity index (χ0v) is 32.6. The first kappa shape index (κ1) is 42.5. The van der Waals surface area contributed by atoms with Gasteiger partial charge in [0, 0.05) is 56.3 Å². The lowest BCUT2D eigenvalue weighted by Gasteiger charge is -2.23. The molecule has 1 atom stereocenters. The number of nitrogens with one attached hydrogen (secondary N) is 1. The van der Waals surface area contributed by atoms with Gasteiger partial charge in [0.25, 0.3) is 26.1 Å². The molecule has 0 spiro atoms. The molecule has 0 radical (unpaired) electrons. The van der Waals surface area contributed by atoms with Crippen LogP contribution in [-0.4, -0.2) is 62.7 Å². The molecule has 0 saturated heterocycles. The fourth-order valence-corrected chi connectivity index (χ4v) is 6.72. The quantitative estimate of drug-likeness (QED) is 0.144. The second-order valence-electron chi connectivity index (χ2n) is 13.2. The van der Waals surface area contributed by atoms with Crippen LogP contribution in [0.3, 0.4) is 0 Å². The van der Waals surface area contributed by atoms with Gasteiger partial charge in [-0.05, 0) is 68.7 Å². The Morgan fingerprint density at radius 3 is 1.86 bits per heavy atom. The smallest absolute Gasteiger partial charge is 0.352 e. The van der Waals surface area contributed by atoms with Gasteiger partial charge in [0.15, 0.2) is 0 Å². The normalized spacial score (nSPS) is 14.0. The lowest BCUT2D eigenvalue weighted by atomic mass is 9.99. The maximum atomic E-state index is 13.1. The van der Waals surface area contributed by atoms with Crippen LogP contribution in [0.5, 0.6) is 0 Å². The molecule has 0 bridgehead atoms. The average Bonchev–Trinajstić information content (AvgIpc) is 3.78. The summed E-state index contributed by atoms with van der Waals surface area (Å²) >= 11 is 0. The molecule has 0 aliphatic carbocycles. The molecule has 1 amide bonds. The Morgan fingerprint density at radius 2 is 1.39 bits per heavy atom. The zero-order chi connectivity index (χ0) is 41.5. The van der Waals surface area contributed by atoms with Crippen molar-refractivity contribution in [3.63, 3.8) is 0 Å². The van der Waals surface area contributed by atoms with E-state index in [1.807, 2.05) is 32.2 Å². The second kappa shape index (κ2) is 17.6. The lowest BCUT2D eigenvalue weighted by Crippen LogP contribution is -2.33. The Bertz CT molecular complexity index is 2450. The highest BCUT2D eigenvalue weighted by atomic mass is 32.2. The van der Waals surface area contributed by atoms with Crippen LogP contribution in [0.4, 0.5) is 13.2 Å². The zero-order valence-electron chi connectivity index (χ0n) is 30.9. The minimum Gasteiger partial charge on any atom is -0.352 e. The molecule has 4 heterocycles. The maximum absolute atomic E-state index is 13.1. The fourth-order valence-electron chi connectivity index (χ4n) is 5.76. The Balaban J connectivity index is 0.000000229. The lowest BCUT2D eigenvalue weighted by molar-refractivity contribution is -0.143. The summed E-state index contributed by atoms with van der Waals surface area (Å²) in [4.78, 5) is 20.9. The highest BCUT2D eigenvalue weighted by Crippen LogP contribution is 2.33. The van der Waals surface area contributed by atoms with Crippen LogP contribution in [0.25, 0.3) is 22.5 Å². The summed E-state index contributed by atoms with van der Waals surface area (Å²) in [5.41, 5.74) is 4.23. The van der Waals surface area contributed by atoms with Gasteiger partial charge in [0.05, 0.1) is 26.7 Å². The second-order valence-corrected chi connectivity index (χ2v) is 16.1. The van der Waals surface area contributed by atoms with Crippen LogP contribution in [0, 0.1) is 19.8 Å². The van der Waals surface area contributed by atoms with Crippen LogP contribution in [0.15, 0.2) is 119 Å². The number of imidazole rings is 1. The molecule has 18 heteroatoms. The molecular formula is C39H39F3N6O7S2. The summed E-state index contributed by atoms with van der Waals surface area (Å²) < 4.78 is 101. The van der Waals surface area contributed by atoms with E-state index < -0.39 is 32.1 Å². The third-order valence-electron chi connectivity index (χ3n) is 8.85. The van der Waals surface area contributed by atoms with Crippen LogP contribution < -0.4 is 5.32 Å². The van der Waals surface area contributed by atoms with Crippen molar-refractivity contribution in [2.45, 2.75) is 49.2 Å². The number of hydrogen-bond acceptors (Lipinski definition) is 8. The van der Waals surface area contributed by atoms with Crippen LogP contribution in [-0.2, 0) is 46.4 Å². The first-order valence-corrected chi connectivity index (χ1v) is 20.2. The third kappa shape index (κ3) is 11.7. The fraction of sp³-hybridized carbons (Fsp3) is 0.231. The minimum absolute atomic E-state index is 0.0666. The molecule has 1 aliphatic heterocycles.